The molecule has 2 heterocycles. The fourth-order valence-electron chi connectivity index (χ4n) is 3.21. The highest BCUT2D eigenvalue weighted by molar-refractivity contribution is 5.96. The van der Waals surface area contributed by atoms with Crippen LogP contribution in [0.4, 0.5) is 0 Å². The van der Waals surface area contributed by atoms with Crippen molar-refractivity contribution in [1.29, 1.82) is 0 Å². The van der Waals surface area contributed by atoms with Gasteiger partial charge in [-0.25, -0.2) is 4.79 Å². The summed E-state index contributed by atoms with van der Waals surface area (Å²) in [6.45, 7) is 5.55. The molecule has 0 radical (unpaired) electrons. The Kier molecular flexibility index (Phi) is 7.24. The summed E-state index contributed by atoms with van der Waals surface area (Å²) in [6.07, 6.45) is 4.84. The first kappa shape index (κ1) is 20.0. The molecule has 1 fully saturated rings. The number of carbonyl (C=O) groups excluding carboxylic acids is 2. The molecule has 2 rings (SSSR count). The van der Waals surface area contributed by atoms with Gasteiger partial charge in [0, 0.05) is 38.0 Å². The van der Waals surface area contributed by atoms with Crippen molar-refractivity contribution in [3.8, 4) is 0 Å². The number of nitrogens with zero attached hydrogens (tertiary/aromatic N) is 1. The Morgan fingerprint density at radius 2 is 1.92 bits per heavy atom. The Morgan fingerprint density at radius 1 is 1.23 bits per heavy atom. The predicted molar refractivity (Wildman–Crippen MR) is 96.2 cm³/mol. The second-order valence-corrected chi connectivity index (χ2v) is 6.67. The van der Waals surface area contributed by atoms with Crippen molar-refractivity contribution < 1.29 is 23.9 Å². The van der Waals surface area contributed by atoms with Crippen LogP contribution >= 0.6 is 0 Å². The molecule has 2 amide bonds. The summed E-state index contributed by atoms with van der Waals surface area (Å²) in [5.41, 5.74) is 0.0391. The van der Waals surface area contributed by atoms with Crippen molar-refractivity contribution in [3.05, 3.63) is 23.2 Å². The number of unbranched alkanes of at least 4 members (excludes halogenated alkanes) is 2. The van der Waals surface area contributed by atoms with E-state index in [4.69, 9.17) is 4.42 Å². The summed E-state index contributed by atoms with van der Waals surface area (Å²) >= 11 is 0. The first-order valence-electron chi connectivity index (χ1n) is 9.40. The smallest absolute Gasteiger partial charge is 0.339 e. The van der Waals surface area contributed by atoms with Crippen LogP contribution in [0.3, 0.4) is 0 Å². The second-order valence-electron chi connectivity index (χ2n) is 6.67. The number of amides is 2. The lowest BCUT2D eigenvalue weighted by Gasteiger charge is -2.30. The van der Waals surface area contributed by atoms with Crippen LogP contribution in [0, 0.1) is 5.92 Å². The standard InChI is InChI=1S/C19H28N2O5/c1-3-5-6-9-20-17(22)13-7-10-21(11-8-13)18(23)16-12-14(19(24)25)15(4-2)26-16/h12-13H,3-11H2,1-2H3,(H,20,22)(H,24,25). The molecule has 26 heavy (non-hydrogen) atoms. The highest BCUT2D eigenvalue weighted by Gasteiger charge is 2.30. The number of likely N-dealkylation sites (tertiary alicyclic amines) is 1. The minimum Gasteiger partial charge on any atom is -0.478 e. The molecular weight excluding hydrogens is 336 g/mol. The third kappa shape index (κ3) is 4.86. The van der Waals surface area contributed by atoms with Crippen molar-refractivity contribution in [1.82, 2.24) is 10.2 Å². The fourth-order valence-corrected chi connectivity index (χ4v) is 3.21. The number of aryl methyl sites for hydroxylation is 1. The number of carbonyl (C=O) groups is 3. The van der Waals surface area contributed by atoms with Crippen LogP contribution in [0.15, 0.2) is 10.5 Å². The second kappa shape index (κ2) is 9.40. The first-order chi connectivity index (χ1) is 12.5. The van der Waals surface area contributed by atoms with Gasteiger partial charge in [-0.1, -0.05) is 26.7 Å². The van der Waals surface area contributed by atoms with E-state index in [1.54, 1.807) is 11.8 Å². The van der Waals surface area contributed by atoms with Gasteiger partial charge in [-0.05, 0) is 19.3 Å². The third-order valence-electron chi connectivity index (χ3n) is 4.80. The summed E-state index contributed by atoms with van der Waals surface area (Å²) in [7, 11) is 0. The fraction of sp³-hybridized carbons (Fsp3) is 0.632. The van der Waals surface area contributed by atoms with Gasteiger partial charge in [0.1, 0.15) is 11.3 Å². The molecule has 7 nitrogen and oxygen atoms in total. The zero-order chi connectivity index (χ0) is 19.1. The van der Waals surface area contributed by atoms with Crippen LogP contribution in [-0.2, 0) is 11.2 Å². The molecule has 7 heteroatoms. The Labute approximate surface area is 153 Å². The summed E-state index contributed by atoms with van der Waals surface area (Å²) in [5, 5.41) is 12.1. The van der Waals surface area contributed by atoms with Crippen LogP contribution in [0.25, 0.3) is 0 Å². The van der Waals surface area contributed by atoms with Crippen LogP contribution in [-0.4, -0.2) is 47.4 Å². The van der Waals surface area contributed by atoms with Crippen molar-refractivity contribution in [3.63, 3.8) is 0 Å². The van der Waals surface area contributed by atoms with E-state index >= 15 is 0 Å². The van der Waals surface area contributed by atoms with E-state index in [9.17, 15) is 19.5 Å². The number of carboxylic acid groups (broad SMARTS) is 1. The zero-order valence-electron chi connectivity index (χ0n) is 15.5. The van der Waals surface area contributed by atoms with Crippen molar-refractivity contribution >= 4 is 17.8 Å². The lowest BCUT2D eigenvalue weighted by atomic mass is 9.95. The maximum atomic E-state index is 12.6. The Bertz CT molecular complexity index is 644. The van der Waals surface area contributed by atoms with E-state index in [0.717, 1.165) is 19.3 Å². The largest absolute Gasteiger partial charge is 0.478 e. The van der Waals surface area contributed by atoms with Crippen LogP contribution in [0.1, 0.15) is 72.6 Å². The molecule has 1 saturated heterocycles. The van der Waals surface area contributed by atoms with Gasteiger partial charge in [-0.3, -0.25) is 9.59 Å². The average Bonchev–Trinajstić information content (AvgIpc) is 3.09. The number of hydrogen-bond acceptors (Lipinski definition) is 4. The SMILES string of the molecule is CCCCCNC(=O)C1CCN(C(=O)c2cc(C(=O)O)c(CC)o2)CC1. The molecule has 144 valence electrons. The summed E-state index contributed by atoms with van der Waals surface area (Å²) in [4.78, 5) is 37.6. The minimum atomic E-state index is -1.09. The van der Waals surface area contributed by atoms with Crippen molar-refractivity contribution in [2.45, 2.75) is 52.4 Å². The molecule has 0 saturated carbocycles. The summed E-state index contributed by atoms with van der Waals surface area (Å²) in [5.74, 6) is -1.05. The normalized spacial score (nSPS) is 15.1. The van der Waals surface area contributed by atoms with Crippen LogP contribution in [0.5, 0.6) is 0 Å². The van der Waals surface area contributed by atoms with Gasteiger partial charge in [0.2, 0.25) is 5.91 Å². The van der Waals surface area contributed by atoms with E-state index in [0.29, 0.717) is 44.7 Å². The van der Waals surface area contributed by atoms with Gasteiger partial charge in [-0.15, -0.1) is 0 Å². The number of carboxylic acids is 1. The molecule has 1 aliphatic heterocycles. The van der Waals surface area contributed by atoms with Crippen LogP contribution < -0.4 is 5.32 Å². The third-order valence-corrected chi connectivity index (χ3v) is 4.80. The maximum Gasteiger partial charge on any atom is 0.339 e. The minimum absolute atomic E-state index is 0.0391. The predicted octanol–water partition coefficient (Wildman–Crippen LogP) is 2.70. The molecule has 0 spiro atoms. The number of hydrogen-bond donors (Lipinski definition) is 2. The molecule has 1 aromatic heterocycles. The van der Waals surface area contributed by atoms with E-state index in [1.165, 1.54) is 6.07 Å². The number of nitrogens with one attached hydrogen (secondary N) is 1. The zero-order valence-corrected chi connectivity index (χ0v) is 15.5. The highest BCUT2D eigenvalue weighted by atomic mass is 16.4. The van der Waals surface area contributed by atoms with Crippen LogP contribution in [0.2, 0.25) is 0 Å². The number of rotatable bonds is 8. The van der Waals surface area contributed by atoms with Gasteiger partial charge >= 0.3 is 5.97 Å². The van der Waals surface area contributed by atoms with E-state index < -0.39 is 5.97 Å². The van der Waals surface area contributed by atoms with Gasteiger partial charge < -0.3 is 19.7 Å². The van der Waals surface area contributed by atoms with Gasteiger partial charge in [0.05, 0.1) is 0 Å². The topological polar surface area (TPSA) is 99.9 Å². The van der Waals surface area contributed by atoms with Gasteiger partial charge in [0.25, 0.3) is 5.91 Å². The summed E-state index contributed by atoms with van der Waals surface area (Å²) < 4.78 is 5.44. The van der Waals surface area contributed by atoms with E-state index in [1.807, 2.05) is 0 Å². The van der Waals surface area contributed by atoms with E-state index in [2.05, 4.69) is 12.2 Å². The lowest BCUT2D eigenvalue weighted by Crippen LogP contribution is -2.43. The Balaban J connectivity index is 1.88. The number of piperidine rings is 1. The lowest BCUT2D eigenvalue weighted by molar-refractivity contribution is -0.126. The molecule has 0 atom stereocenters. The Morgan fingerprint density at radius 3 is 2.46 bits per heavy atom. The summed E-state index contributed by atoms with van der Waals surface area (Å²) in [6, 6.07) is 1.30. The molecule has 0 aromatic carbocycles. The first-order valence-corrected chi connectivity index (χ1v) is 9.40. The van der Waals surface area contributed by atoms with Crippen molar-refractivity contribution in [2.24, 2.45) is 5.92 Å². The van der Waals surface area contributed by atoms with Gasteiger partial charge in [-0.2, -0.15) is 0 Å². The van der Waals surface area contributed by atoms with Crippen molar-refractivity contribution in [2.75, 3.05) is 19.6 Å². The molecule has 0 bridgehead atoms. The van der Waals surface area contributed by atoms with Gasteiger partial charge in [0.15, 0.2) is 5.76 Å². The quantitative estimate of drug-likeness (QED) is 0.691. The number of aromatic carboxylic acids is 1. The highest BCUT2D eigenvalue weighted by Crippen LogP contribution is 2.22. The monoisotopic (exact) mass is 364 g/mol. The molecule has 0 unspecified atom stereocenters. The molecule has 2 N–H and O–H groups in total. The van der Waals surface area contributed by atoms with E-state index in [-0.39, 0.29) is 29.1 Å². The average molecular weight is 364 g/mol. The molecular formula is C19H28N2O5. The molecule has 0 aliphatic carbocycles. The number of furan rings is 1. The molecule has 1 aliphatic rings. The molecule has 1 aromatic rings. The Hall–Kier alpha value is -2.31. The maximum absolute atomic E-state index is 12.6.